The van der Waals surface area contributed by atoms with Crippen LogP contribution in [0.15, 0.2) is 48.5 Å². The third-order valence-electron chi connectivity index (χ3n) is 12.6. The van der Waals surface area contributed by atoms with Crippen molar-refractivity contribution in [2.24, 2.45) is 22.7 Å². The molecule has 0 spiro atoms. The van der Waals surface area contributed by atoms with E-state index in [4.69, 9.17) is 9.84 Å². The molecule has 2 bridgehead atoms. The first kappa shape index (κ1) is 29.9. The predicted octanol–water partition coefficient (Wildman–Crippen LogP) is 8.78. The Morgan fingerprint density at radius 3 is 2.21 bits per heavy atom. The second-order valence-electron chi connectivity index (χ2n) is 14.5. The number of carbonyl (C=O) groups is 1. The van der Waals surface area contributed by atoms with Crippen molar-refractivity contribution in [3.05, 3.63) is 65.2 Å². The monoisotopic (exact) mass is 572 g/mol. The van der Waals surface area contributed by atoms with Crippen LogP contribution < -0.4 is 4.74 Å². The molecule has 6 rings (SSSR count). The van der Waals surface area contributed by atoms with Crippen LogP contribution in [0.1, 0.15) is 137 Å². The van der Waals surface area contributed by atoms with Gasteiger partial charge < -0.3 is 14.9 Å². The van der Waals surface area contributed by atoms with Crippen LogP contribution in [0.2, 0.25) is 0 Å². The van der Waals surface area contributed by atoms with E-state index in [2.05, 4.69) is 19.1 Å². The number of aliphatic hydroxyl groups is 2. The van der Waals surface area contributed by atoms with Gasteiger partial charge in [-0.1, -0.05) is 82.6 Å². The predicted molar refractivity (Wildman–Crippen MR) is 168 cm³/mol. The normalized spacial score (nSPS) is 32.7. The average Bonchev–Trinajstić information content (AvgIpc) is 3.38. The second-order valence-corrected chi connectivity index (χ2v) is 14.5. The zero-order chi connectivity index (χ0) is 29.2. The van der Waals surface area contributed by atoms with Gasteiger partial charge in [-0.3, -0.25) is 0 Å². The molecule has 0 heterocycles. The van der Waals surface area contributed by atoms with Gasteiger partial charge in [0.05, 0.1) is 11.2 Å². The summed E-state index contributed by atoms with van der Waals surface area (Å²) in [5.74, 6) is 2.18. The molecule has 4 nitrogen and oxygen atoms in total. The van der Waals surface area contributed by atoms with Crippen molar-refractivity contribution in [3.63, 3.8) is 0 Å². The summed E-state index contributed by atoms with van der Waals surface area (Å²) in [6.07, 6.45) is 20.2. The molecular formula is C38H52O4. The molecule has 3 fully saturated rings. The molecular weight excluding hydrogens is 520 g/mol. The highest BCUT2D eigenvalue weighted by Gasteiger charge is 2.74. The van der Waals surface area contributed by atoms with Gasteiger partial charge in [0.25, 0.3) is 0 Å². The van der Waals surface area contributed by atoms with Gasteiger partial charge in [-0.05, 0) is 116 Å². The summed E-state index contributed by atoms with van der Waals surface area (Å²) in [5, 5.41) is 20.8. The lowest BCUT2D eigenvalue weighted by molar-refractivity contribution is -0.113. The maximum Gasteiger partial charge on any atom is 0.343 e. The Hall–Kier alpha value is -2.17. The molecule has 0 aromatic heterocycles. The molecule has 2 aromatic carbocycles. The minimum Gasteiger partial charge on any atom is -0.423 e. The highest BCUT2D eigenvalue weighted by Crippen LogP contribution is 2.78. The number of benzene rings is 2. The lowest BCUT2D eigenvalue weighted by Gasteiger charge is -2.59. The fraction of sp³-hybridized carbons (Fsp3) is 0.658. The van der Waals surface area contributed by atoms with Gasteiger partial charge in [-0.2, -0.15) is 0 Å². The highest BCUT2D eigenvalue weighted by molar-refractivity contribution is 5.91. The van der Waals surface area contributed by atoms with Crippen LogP contribution >= 0.6 is 0 Å². The standard InChI is InChI=1S/C38H52O4/c1-36-20-19-33-32-18-17-31(42-35(40)28-14-11-9-12-15-28)27-30(32)26-29(16-10-7-5-3-2-4-6-8-13-25-39)34(33)37(36)21-23-38(36,41)24-22-37/h9,11-12,14-15,17-18,27,29,33-34,39,41H,2-8,10,13,16,19-26H2,1H3/t29-,33-,34-,36+,37?,38?/m1/s1. The van der Waals surface area contributed by atoms with E-state index in [-0.39, 0.29) is 16.8 Å². The minimum atomic E-state index is -0.463. The number of ether oxygens (including phenoxy) is 1. The van der Waals surface area contributed by atoms with Gasteiger partial charge in [0.15, 0.2) is 0 Å². The molecule has 3 saturated carbocycles. The fourth-order valence-electron chi connectivity index (χ4n) is 10.4. The Labute approximate surface area is 253 Å². The molecule has 4 heteroatoms. The van der Waals surface area contributed by atoms with E-state index in [9.17, 15) is 9.90 Å². The van der Waals surface area contributed by atoms with Crippen LogP contribution in [-0.4, -0.2) is 28.4 Å². The maximum atomic E-state index is 12.8. The SMILES string of the molecule is C[C@]12CC[C@@H]3c4ccc(OC(=O)c5ccccc5)cc4C[C@@H](CCCCCCCCCCCO)[C@H]3C13CCC2(O)CC3. The minimum absolute atomic E-state index is 0.0537. The van der Waals surface area contributed by atoms with Gasteiger partial charge in [0, 0.05) is 12.0 Å². The van der Waals surface area contributed by atoms with E-state index in [0.717, 1.165) is 44.9 Å². The molecule has 0 unspecified atom stereocenters. The molecule has 4 atom stereocenters. The number of esters is 1. The summed E-state index contributed by atoms with van der Waals surface area (Å²) >= 11 is 0. The van der Waals surface area contributed by atoms with Gasteiger partial charge in [-0.15, -0.1) is 0 Å². The smallest absolute Gasteiger partial charge is 0.343 e. The number of fused-ring (bicyclic) bond motifs is 3. The molecule has 42 heavy (non-hydrogen) atoms. The molecule has 4 aliphatic rings. The van der Waals surface area contributed by atoms with E-state index in [1.807, 2.05) is 24.3 Å². The summed E-state index contributed by atoms with van der Waals surface area (Å²) < 4.78 is 5.87. The van der Waals surface area contributed by atoms with E-state index < -0.39 is 5.60 Å². The first-order valence-corrected chi connectivity index (χ1v) is 17.1. The topological polar surface area (TPSA) is 66.8 Å². The Balaban J connectivity index is 1.17. The maximum absolute atomic E-state index is 12.8. The van der Waals surface area contributed by atoms with Gasteiger partial charge in [0.1, 0.15) is 5.75 Å². The van der Waals surface area contributed by atoms with Crippen LogP contribution in [0.4, 0.5) is 0 Å². The molecule has 0 aliphatic heterocycles. The number of rotatable bonds is 13. The molecule has 0 saturated heterocycles. The summed E-state index contributed by atoms with van der Waals surface area (Å²) in [6, 6.07) is 15.7. The summed E-state index contributed by atoms with van der Waals surface area (Å²) in [5.41, 5.74) is 3.30. The van der Waals surface area contributed by atoms with Crippen LogP contribution in [0.3, 0.4) is 0 Å². The number of aliphatic hydroxyl groups excluding tert-OH is 1. The molecule has 0 amide bonds. The Kier molecular flexibility index (Phi) is 8.85. The third kappa shape index (κ3) is 5.25. The largest absolute Gasteiger partial charge is 0.423 e. The van der Waals surface area contributed by atoms with Crippen molar-refractivity contribution in [3.8, 4) is 5.75 Å². The van der Waals surface area contributed by atoms with Gasteiger partial charge in [0.2, 0.25) is 0 Å². The number of hydrogen-bond donors (Lipinski definition) is 2. The zero-order valence-electron chi connectivity index (χ0n) is 25.8. The number of hydrogen-bond acceptors (Lipinski definition) is 4. The third-order valence-corrected chi connectivity index (χ3v) is 12.6. The lowest BCUT2D eigenvalue weighted by atomic mass is 9.45. The summed E-state index contributed by atoms with van der Waals surface area (Å²) in [7, 11) is 0. The Morgan fingerprint density at radius 1 is 0.857 bits per heavy atom. The Morgan fingerprint density at radius 2 is 1.52 bits per heavy atom. The summed E-state index contributed by atoms with van der Waals surface area (Å²) in [6.45, 7) is 2.77. The van der Waals surface area contributed by atoms with Gasteiger partial charge in [-0.25, -0.2) is 4.79 Å². The van der Waals surface area contributed by atoms with Crippen molar-refractivity contribution in [1.82, 2.24) is 0 Å². The first-order chi connectivity index (χ1) is 20.4. The van der Waals surface area contributed by atoms with Crippen molar-refractivity contribution in [2.75, 3.05) is 6.61 Å². The highest BCUT2D eigenvalue weighted by atomic mass is 16.5. The van der Waals surface area contributed by atoms with E-state index in [1.165, 1.54) is 75.3 Å². The lowest BCUT2D eigenvalue weighted by Crippen LogP contribution is -2.54. The van der Waals surface area contributed by atoms with Crippen molar-refractivity contribution in [1.29, 1.82) is 0 Å². The average molecular weight is 573 g/mol. The molecule has 2 N–H and O–H groups in total. The fourth-order valence-corrected chi connectivity index (χ4v) is 10.4. The first-order valence-electron chi connectivity index (χ1n) is 17.1. The molecule has 0 radical (unpaired) electrons. The molecule has 4 aliphatic carbocycles. The van der Waals surface area contributed by atoms with Crippen LogP contribution in [0.5, 0.6) is 5.75 Å². The van der Waals surface area contributed by atoms with Crippen LogP contribution in [-0.2, 0) is 6.42 Å². The quantitative estimate of drug-likeness (QED) is 0.143. The van der Waals surface area contributed by atoms with Crippen molar-refractivity contribution >= 4 is 5.97 Å². The summed E-state index contributed by atoms with van der Waals surface area (Å²) in [4.78, 5) is 12.8. The van der Waals surface area contributed by atoms with E-state index in [1.54, 1.807) is 12.1 Å². The van der Waals surface area contributed by atoms with E-state index >= 15 is 0 Å². The second kappa shape index (κ2) is 12.4. The zero-order valence-corrected chi connectivity index (χ0v) is 25.8. The Bertz CT molecular complexity index is 1210. The molecule has 2 aromatic rings. The molecule has 228 valence electrons. The van der Waals surface area contributed by atoms with Crippen LogP contribution in [0.25, 0.3) is 0 Å². The van der Waals surface area contributed by atoms with Gasteiger partial charge >= 0.3 is 5.97 Å². The van der Waals surface area contributed by atoms with E-state index in [0.29, 0.717) is 35.7 Å². The van der Waals surface area contributed by atoms with Crippen molar-refractivity contribution < 1.29 is 19.7 Å². The van der Waals surface area contributed by atoms with Crippen LogP contribution in [0, 0.1) is 22.7 Å². The number of unbranched alkanes of at least 4 members (excludes halogenated alkanes) is 8. The number of carbonyl (C=O) groups excluding carboxylic acids is 1. The van der Waals surface area contributed by atoms with Crippen molar-refractivity contribution in [2.45, 2.75) is 128 Å².